The van der Waals surface area contributed by atoms with E-state index >= 15 is 0 Å². The van der Waals surface area contributed by atoms with E-state index in [0.29, 0.717) is 0 Å². The van der Waals surface area contributed by atoms with Crippen LogP contribution in [0, 0.1) is 0 Å². The van der Waals surface area contributed by atoms with Gasteiger partial charge in [0.25, 0.3) is 5.91 Å². The van der Waals surface area contributed by atoms with Crippen molar-refractivity contribution in [1.82, 2.24) is 0 Å². The van der Waals surface area contributed by atoms with Gasteiger partial charge in [0, 0.05) is 0 Å². The molecule has 1 rings (SSSR count). The third kappa shape index (κ3) is 1.85. The highest BCUT2D eigenvalue weighted by molar-refractivity contribution is 8.18. The molecule has 7 heteroatoms. The number of nitrogens with two attached hydrogens (primary N) is 1. The molecule has 1 fully saturated rings. The fourth-order valence-corrected chi connectivity index (χ4v) is 4.09. The molecule has 0 spiro atoms. The molecule has 0 radical (unpaired) electrons. The molecule has 3 N–H and O–H groups in total. The van der Waals surface area contributed by atoms with Gasteiger partial charge in [0.15, 0.2) is 5.25 Å². The second-order valence-corrected chi connectivity index (χ2v) is 5.42. The van der Waals surface area contributed by atoms with E-state index in [0.717, 1.165) is 11.8 Å². The van der Waals surface area contributed by atoms with E-state index in [9.17, 15) is 14.1 Å². The number of thioether (sulfide) groups is 1. The summed E-state index contributed by atoms with van der Waals surface area (Å²) in [5.41, 5.74) is 4.90. The smallest absolute Gasteiger partial charge is 0.321 e. The largest absolute Gasteiger partial charge is 0.615 e. The maximum Gasteiger partial charge on any atom is 0.321 e. The number of amides is 1. The fourth-order valence-electron chi connectivity index (χ4n) is 0.813. The van der Waals surface area contributed by atoms with Gasteiger partial charge in [0.2, 0.25) is 4.58 Å². The number of rotatable bonds is 2. The minimum Gasteiger partial charge on any atom is -0.615 e. The molecule has 0 aromatic heterocycles. The summed E-state index contributed by atoms with van der Waals surface area (Å²) >= 11 is -0.573. The Balaban J connectivity index is 2.62. The van der Waals surface area contributed by atoms with Gasteiger partial charge in [-0.15, -0.1) is 0 Å². The number of carboxylic acid groups (broad SMARTS) is 1. The Morgan fingerprint density at radius 3 is 2.50 bits per heavy atom. The van der Waals surface area contributed by atoms with Crippen LogP contribution in [0.4, 0.5) is 0 Å². The van der Waals surface area contributed by atoms with E-state index in [1.54, 1.807) is 0 Å². The van der Waals surface area contributed by atoms with Crippen LogP contribution >= 0.6 is 11.8 Å². The molecule has 1 heterocycles. The molecule has 0 saturated carbocycles. The van der Waals surface area contributed by atoms with Crippen molar-refractivity contribution in [2.24, 2.45) is 5.73 Å². The Labute approximate surface area is 75.9 Å². The molecule has 0 bridgehead atoms. The summed E-state index contributed by atoms with van der Waals surface area (Å²) in [6.45, 7) is 0. The zero-order valence-corrected chi connectivity index (χ0v) is 7.56. The quantitative estimate of drug-likeness (QED) is 0.553. The second-order valence-electron chi connectivity index (χ2n) is 2.24. The SMILES string of the molecule is NC(=O)C1SC(C(=O)O)C[S+]1[O-]. The topological polar surface area (TPSA) is 103 Å². The molecule has 12 heavy (non-hydrogen) atoms. The lowest BCUT2D eigenvalue weighted by molar-refractivity contribution is -0.135. The summed E-state index contributed by atoms with van der Waals surface area (Å²) in [6.07, 6.45) is 0. The van der Waals surface area contributed by atoms with E-state index in [-0.39, 0.29) is 5.75 Å². The lowest BCUT2D eigenvalue weighted by Crippen LogP contribution is -2.30. The number of carbonyl (C=O) groups is 2. The van der Waals surface area contributed by atoms with Crippen LogP contribution in [0.5, 0.6) is 0 Å². The number of hydrogen-bond donors (Lipinski definition) is 2. The lowest BCUT2D eigenvalue weighted by atomic mass is 10.5. The Kier molecular flexibility index (Phi) is 2.86. The van der Waals surface area contributed by atoms with Crippen LogP contribution in [0.2, 0.25) is 0 Å². The van der Waals surface area contributed by atoms with E-state index in [1.807, 2.05) is 0 Å². The highest BCUT2D eigenvalue weighted by Gasteiger charge is 2.44. The van der Waals surface area contributed by atoms with Gasteiger partial charge < -0.3 is 15.4 Å². The minimum absolute atomic E-state index is 0.00755. The first-order chi connectivity index (χ1) is 5.52. The molecule has 0 aromatic rings. The van der Waals surface area contributed by atoms with Crippen molar-refractivity contribution < 1.29 is 19.2 Å². The third-order valence-corrected chi connectivity index (χ3v) is 5.09. The van der Waals surface area contributed by atoms with Crippen LogP contribution in [0.3, 0.4) is 0 Å². The molecule has 1 aliphatic heterocycles. The standard InChI is InChI=1S/C5H7NO4S2/c6-3(7)5-11-2(4(8)9)1-12(5)10/h2,5H,1H2,(H2,6,7)(H,8,9). The summed E-state index contributed by atoms with van der Waals surface area (Å²) in [6, 6.07) is 0. The van der Waals surface area contributed by atoms with Gasteiger partial charge in [-0.05, 0) is 11.2 Å². The first kappa shape index (κ1) is 9.69. The maximum atomic E-state index is 11.1. The Morgan fingerprint density at radius 1 is 1.67 bits per heavy atom. The van der Waals surface area contributed by atoms with Gasteiger partial charge in [0.05, 0.1) is 0 Å². The Hall–Kier alpha value is -0.400. The number of hydrogen-bond acceptors (Lipinski definition) is 4. The monoisotopic (exact) mass is 209 g/mol. The molecule has 3 atom stereocenters. The van der Waals surface area contributed by atoms with Crippen LogP contribution in [0.25, 0.3) is 0 Å². The number of carbonyl (C=O) groups excluding carboxylic acids is 1. The van der Waals surface area contributed by atoms with Crippen molar-refractivity contribution in [2.75, 3.05) is 5.75 Å². The molecule has 5 nitrogen and oxygen atoms in total. The number of primary amides is 1. The Bertz CT molecular complexity index is 221. The second kappa shape index (κ2) is 3.55. The first-order valence-corrected chi connectivity index (χ1v) is 5.39. The van der Waals surface area contributed by atoms with Crippen molar-refractivity contribution in [1.29, 1.82) is 0 Å². The van der Waals surface area contributed by atoms with Gasteiger partial charge >= 0.3 is 5.97 Å². The molecule has 1 saturated heterocycles. The van der Waals surface area contributed by atoms with Crippen molar-refractivity contribution in [3.8, 4) is 0 Å². The molecule has 1 aliphatic rings. The average molecular weight is 209 g/mol. The van der Waals surface area contributed by atoms with Gasteiger partial charge in [-0.25, -0.2) is 0 Å². The van der Waals surface area contributed by atoms with E-state index in [2.05, 4.69) is 0 Å². The van der Waals surface area contributed by atoms with Crippen molar-refractivity contribution >= 4 is 34.8 Å². The normalized spacial score (nSPS) is 34.9. The molecule has 0 aliphatic carbocycles. The predicted molar refractivity (Wildman–Crippen MR) is 45.0 cm³/mol. The van der Waals surface area contributed by atoms with Crippen molar-refractivity contribution in [3.05, 3.63) is 0 Å². The van der Waals surface area contributed by atoms with Gasteiger partial charge in [-0.2, -0.15) is 0 Å². The van der Waals surface area contributed by atoms with Crippen LogP contribution in [-0.2, 0) is 20.8 Å². The van der Waals surface area contributed by atoms with Crippen LogP contribution in [0.15, 0.2) is 0 Å². The molecule has 68 valence electrons. The van der Waals surface area contributed by atoms with Gasteiger partial charge in [0.1, 0.15) is 5.75 Å². The average Bonchev–Trinajstić information content (AvgIpc) is 2.30. The zero-order valence-electron chi connectivity index (χ0n) is 5.93. The fraction of sp³-hybridized carbons (Fsp3) is 0.600. The van der Waals surface area contributed by atoms with Crippen LogP contribution in [-0.4, -0.2) is 37.1 Å². The molecule has 1 amide bonds. The van der Waals surface area contributed by atoms with E-state index in [4.69, 9.17) is 10.8 Å². The van der Waals surface area contributed by atoms with E-state index < -0.39 is 32.9 Å². The van der Waals surface area contributed by atoms with Crippen LogP contribution in [0.1, 0.15) is 0 Å². The summed E-state index contributed by atoms with van der Waals surface area (Å²) in [5.74, 6) is -1.74. The highest BCUT2D eigenvalue weighted by atomic mass is 32.3. The predicted octanol–water partition coefficient (Wildman–Crippen LogP) is -1.25. The summed E-state index contributed by atoms with van der Waals surface area (Å²) < 4.78 is 10.2. The number of aliphatic carboxylic acids is 1. The summed E-state index contributed by atoms with van der Waals surface area (Å²) in [5, 5.41) is 7.76. The van der Waals surface area contributed by atoms with Crippen LogP contribution < -0.4 is 5.73 Å². The first-order valence-electron chi connectivity index (χ1n) is 3.07. The molecule has 0 aromatic carbocycles. The van der Waals surface area contributed by atoms with Crippen molar-refractivity contribution in [3.63, 3.8) is 0 Å². The summed E-state index contributed by atoms with van der Waals surface area (Å²) in [4.78, 5) is 21.0. The highest BCUT2D eigenvalue weighted by Crippen LogP contribution is 2.32. The summed E-state index contributed by atoms with van der Waals surface area (Å²) in [7, 11) is 0. The molecule has 3 unspecified atom stereocenters. The van der Waals surface area contributed by atoms with Gasteiger partial charge in [-0.1, -0.05) is 11.8 Å². The zero-order chi connectivity index (χ0) is 9.30. The third-order valence-electron chi connectivity index (χ3n) is 1.35. The van der Waals surface area contributed by atoms with E-state index in [1.165, 1.54) is 0 Å². The lowest BCUT2D eigenvalue weighted by Gasteiger charge is -2.06. The maximum absolute atomic E-state index is 11.1. The Morgan fingerprint density at radius 2 is 2.25 bits per heavy atom. The molecular formula is C5H7NO4S2. The minimum atomic E-state index is -1.43. The van der Waals surface area contributed by atoms with Gasteiger partial charge in [-0.3, -0.25) is 9.59 Å². The number of carboxylic acids is 1. The molecular weight excluding hydrogens is 202 g/mol. The van der Waals surface area contributed by atoms with Crippen molar-refractivity contribution in [2.45, 2.75) is 9.83 Å².